The Bertz CT molecular complexity index is 822. The van der Waals surface area contributed by atoms with Crippen molar-refractivity contribution in [2.75, 3.05) is 36.2 Å². The summed E-state index contributed by atoms with van der Waals surface area (Å²) < 4.78 is 0. The Hall–Kier alpha value is -2.45. The van der Waals surface area contributed by atoms with Crippen molar-refractivity contribution >= 4 is 52.0 Å². The van der Waals surface area contributed by atoms with Crippen LogP contribution in [0, 0.1) is 6.92 Å². The lowest BCUT2D eigenvalue weighted by atomic mass is 10.2. The molecule has 0 saturated carbocycles. The number of carbonyl (C=O) groups is 3. The van der Waals surface area contributed by atoms with Crippen LogP contribution in [0.2, 0.25) is 0 Å². The predicted molar refractivity (Wildman–Crippen MR) is 117 cm³/mol. The molecule has 0 aromatic heterocycles. The number of hydrogen-bond donors (Lipinski definition) is 2. The van der Waals surface area contributed by atoms with E-state index in [-0.39, 0.29) is 28.6 Å². The summed E-state index contributed by atoms with van der Waals surface area (Å²) in [6.07, 6.45) is 0. The maximum atomic E-state index is 12.0. The van der Waals surface area contributed by atoms with Gasteiger partial charge in [0.2, 0.25) is 11.8 Å². The average Bonchev–Trinajstić information content (AvgIpc) is 2.65. The van der Waals surface area contributed by atoms with E-state index in [0.29, 0.717) is 5.69 Å². The molecule has 8 heteroatoms. The quantitative estimate of drug-likeness (QED) is 0.664. The summed E-state index contributed by atoms with van der Waals surface area (Å²) in [6.45, 7) is 1.98. The van der Waals surface area contributed by atoms with Crippen molar-refractivity contribution in [3.63, 3.8) is 0 Å². The van der Waals surface area contributed by atoms with Crippen LogP contribution in [0.25, 0.3) is 0 Å². The van der Waals surface area contributed by atoms with E-state index in [0.717, 1.165) is 27.9 Å². The summed E-state index contributed by atoms with van der Waals surface area (Å²) in [7, 11) is 3.39. The topological polar surface area (TPSA) is 78.5 Å². The highest BCUT2D eigenvalue weighted by atomic mass is 32.2. The number of thioether (sulfide) groups is 2. The zero-order valence-electron chi connectivity index (χ0n) is 16.0. The second-order valence-electron chi connectivity index (χ2n) is 6.24. The summed E-state index contributed by atoms with van der Waals surface area (Å²) in [5.41, 5.74) is 2.52. The molecule has 2 aromatic rings. The Morgan fingerprint density at radius 3 is 1.75 bits per heavy atom. The van der Waals surface area contributed by atoms with Crippen LogP contribution in [0.4, 0.5) is 16.2 Å². The number of aryl methyl sites for hydroxylation is 1. The van der Waals surface area contributed by atoms with Gasteiger partial charge in [0, 0.05) is 30.4 Å². The van der Waals surface area contributed by atoms with Gasteiger partial charge in [-0.15, -0.1) is 11.8 Å². The molecule has 6 nitrogen and oxygen atoms in total. The Morgan fingerprint density at radius 1 is 0.821 bits per heavy atom. The van der Waals surface area contributed by atoms with Gasteiger partial charge in [-0.2, -0.15) is 0 Å². The summed E-state index contributed by atoms with van der Waals surface area (Å²) in [6, 6.07) is 14.6. The SMILES string of the molecule is Cc1ccc(NC(=O)CSCC(=O)Nc2ccc(SC(=O)N(C)C)cc2)cc1. The standard InChI is InChI=1S/C20H23N3O3S2/c1-14-4-6-15(7-5-14)21-18(24)12-27-13-19(25)22-16-8-10-17(11-9-16)28-20(26)23(2)3/h4-11H,12-13H2,1-3H3,(H,21,24)(H,22,25). The van der Waals surface area contributed by atoms with E-state index in [4.69, 9.17) is 0 Å². The van der Waals surface area contributed by atoms with Gasteiger partial charge < -0.3 is 15.5 Å². The van der Waals surface area contributed by atoms with Crippen LogP contribution in [0.5, 0.6) is 0 Å². The molecule has 0 bridgehead atoms. The van der Waals surface area contributed by atoms with E-state index >= 15 is 0 Å². The number of nitrogens with one attached hydrogen (secondary N) is 2. The first-order valence-electron chi connectivity index (χ1n) is 8.57. The van der Waals surface area contributed by atoms with E-state index in [2.05, 4.69) is 10.6 Å². The van der Waals surface area contributed by atoms with Crippen LogP contribution in [-0.4, -0.2) is 47.6 Å². The zero-order valence-corrected chi connectivity index (χ0v) is 17.7. The smallest absolute Gasteiger partial charge is 0.285 e. The molecule has 3 amide bonds. The van der Waals surface area contributed by atoms with Gasteiger partial charge in [-0.1, -0.05) is 17.7 Å². The van der Waals surface area contributed by atoms with Crippen LogP contribution in [0.15, 0.2) is 53.4 Å². The monoisotopic (exact) mass is 417 g/mol. The van der Waals surface area contributed by atoms with Gasteiger partial charge in [0.25, 0.3) is 5.24 Å². The van der Waals surface area contributed by atoms with Crippen LogP contribution in [0.1, 0.15) is 5.56 Å². The largest absolute Gasteiger partial charge is 0.339 e. The Labute approximate surface area is 173 Å². The first-order valence-corrected chi connectivity index (χ1v) is 10.5. The lowest BCUT2D eigenvalue weighted by Gasteiger charge is -2.10. The highest BCUT2D eigenvalue weighted by Gasteiger charge is 2.09. The van der Waals surface area contributed by atoms with Gasteiger partial charge in [0.15, 0.2) is 0 Å². The first kappa shape index (κ1) is 21.8. The maximum Gasteiger partial charge on any atom is 0.285 e. The highest BCUT2D eigenvalue weighted by Crippen LogP contribution is 2.22. The number of carbonyl (C=O) groups excluding carboxylic acids is 3. The fraction of sp³-hybridized carbons (Fsp3) is 0.250. The van der Waals surface area contributed by atoms with Crippen LogP contribution in [-0.2, 0) is 9.59 Å². The van der Waals surface area contributed by atoms with Crippen molar-refractivity contribution in [2.24, 2.45) is 0 Å². The molecule has 0 aliphatic heterocycles. The van der Waals surface area contributed by atoms with Crippen LogP contribution >= 0.6 is 23.5 Å². The van der Waals surface area contributed by atoms with Gasteiger partial charge in [0.05, 0.1) is 11.5 Å². The molecule has 0 spiro atoms. The fourth-order valence-corrected chi connectivity index (χ4v) is 3.34. The van der Waals surface area contributed by atoms with Crippen molar-refractivity contribution in [3.05, 3.63) is 54.1 Å². The molecule has 0 fully saturated rings. The van der Waals surface area contributed by atoms with Crippen LogP contribution < -0.4 is 10.6 Å². The molecule has 0 aliphatic carbocycles. The third kappa shape index (κ3) is 7.66. The summed E-state index contributed by atoms with van der Waals surface area (Å²) >= 11 is 2.37. The third-order valence-electron chi connectivity index (χ3n) is 3.51. The van der Waals surface area contributed by atoms with Crippen LogP contribution in [0.3, 0.4) is 0 Å². The molecule has 0 saturated heterocycles. The summed E-state index contributed by atoms with van der Waals surface area (Å²) in [5.74, 6) is 0.0481. The van der Waals surface area contributed by atoms with E-state index in [1.807, 2.05) is 31.2 Å². The Balaban J connectivity index is 1.71. The Morgan fingerprint density at radius 2 is 1.29 bits per heavy atom. The van der Waals surface area contributed by atoms with Crippen molar-refractivity contribution in [3.8, 4) is 0 Å². The number of rotatable bonds is 7. The number of hydrogen-bond acceptors (Lipinski definition) is 5. The number of anilines is 2. The minimum atomic E-state index is -0.182. The molecule has 2 rings (SSSR count). The Kier molecular flexibility index (Phi) is 8.41. The van der Waals surface area contributed by atoms with Gasteiger partial charge in [-0.3, -0.25) is 14.4 Å². The zero-order chi connectivity index (χ0) is 20.5. The number of benzene rings is 2. The van der Waals surface area contributed by atoms with Gasteiger partial charge in [-0.25, -0.2) is 0 Å². The van der Waals surface area contributed by atoms with Gasteiger partial charge in [-0.05, 0) is 55.1 Å². The van der Waals surface area contributed by atoms with Crippen molar-refractivity contribution in [2.45, 2.75) is 11.8 Å². The maximum absolute atomic E-state index is 12.0. The molecule has 0 aliphatic rings. The van der Waals surface area contributed by atoms with E-state index in [1.165, 1.54) is 16.7 Å². The second kappa shape index (κ2) is 10.8. The molecule has 2 N–H and O–H groups in total. The molecular formula is C20H23N3O3S2. The summed E-state index contributed by atoms with van der Waals surface area (Å²) in [4.78, 5) is 37.9. The second-order valence-corrected chi connectivity index (χ2v) is 8.25. The molecular weight excluding hydrogens is 394 g/mol. The number of nitrogens with zero attached hydrogens (tertiary/aromatic N) is 1. The van der Waals surface area contributed by atoms with Gasteiger partial charge in [0.1, 0.15) is 0 Å². The molecule has 0 atom stereocenters. The first-order chi connectivity index (χ1) is 13.3. The van der Waals surface area contributed by atoms with Gasteiger partial charge >= 0.3 is 0 Å². The minimum Gasteiger partial charge on any atom is -0.339 e. The molecule has 148 valence electrons. The predicted octanol–water partition coefficient (Wildman–Crippen LogP) is 4.08. The normalized spacial score (nSPS) is 10.2. The molecule has 28 heavy (non-hydrogen) atoms. The van der Waals surface area contributed by atoms with E-state index in [1.54, 1.807) is 38.4 Å². The molecule has 2 aromatic carbocycles. The minimum absolute atomic E-state index is 0.0582. The molecule has 0 radical (unpaired) electrons. The molecule has 0 heterocycles. The fourth-order valence-electron chi connectivity index (χ4n) is 2.07. The summed E-state index contributed by atoms with van der Waals surface area (Å²) in [5, 5.41) is 5.52. The number of amides is 3. The third-order valence-corrected chi connectivity index (χ3v) is 5.49. The lowest BCUT2D eigenvalue weighted by Crippen LogP contribution is -2.18. The highest BCUT2D eigenvalue weighted by molar-refractivity contribution is 8.13. The van der Waals surface area contributed by atoms with E-state index in [9.17, 15) is 14.4 Å². The van der Waals surface area contributed by atoms with Crippen molar-refractivity contribution in [1.82, 2.24) is 4.90 Å². The van der Waals surface area contributed by atoms with Crippen molar-refractivity contribution in [1.29, 1.82) is 0 Å². The average molecular weight is 418 g/mol. The van der Waals surface area contributed by atoms with Crippen molar-refractivity contribution < 1.29 is 14.4 Å². The van der Waals surface area contributed by atoms with E-state index < -0.39 is 0 Å². The molecule has 0 unspecified atom stereocenters. The lowest BCUT2D eigenvalue weighted by molar-refractivity contribution is -0.114.